The molecule has 1 saturated carbocycles. The van der Waals surface area contributed by atoms with Gasteiger partial charge in [0.15, 0.2) is 0 Å². The van der Waals surface area contributed by atoms with Crippen LogP contribution in [-0.2, 0) is 11.3 Å². The molecule has 0 unspecified atom stereocenters. The summed E-state index contributed by atoms with van der Waals surface area (Å²) < 4.78 is 13.8. The highest BCUT2D eigenvalue weighted by molar-refractivity contribution is 5.78. The van der Waals surface area contributed by atoms with Gasteiger partial charge in [0.2, 0.25) is 23.8 Å². The van der Waals surface area contributed by atoms with Crippen molar-refractivity contribution in [2.45, 2.75) is 38.3 Å². The Morgan fingerprint density at radius 3 is 2.42 bits per heavy atom. The molecule has 1 saturated heterocycles. The standard InChI is InChI=1S/C23H33FN8O/c1-25-21-28-22(30-23(29-21)32-13-11-31(2)12-14-32)27-18-9-7-16(8-10-18)20(33)26-15-17-5-3-4-6-19(17)24/h3-6,16,18H,7-15H2,1-2H3,(H,26,33)(H2,25,27,28,29,30). The van der Waals surface area contributed by atoms with E-state index in [4.69, 9.17) is 0 Å². The van der Waals surface area contributed by atoms with E-state index in [-0.39, 0.29) is 30.2 Å². The Kier molecular flexibility index (Phi) is 7.54. The predicted octanol–water partition coefficient (Wildman–Crippen LogP) is 2.09. The van der Waals surface area contributed by atoms with E-state index in [1.807, 2.05) is 0 Å². The van der Waals surface area contributed by atoms with Crippen LogP contribution in [0.4, 0.5) is 22.2 Å². The number of anilines is 3. The second kappa shape index (κ2) is 10.7. The van der Waals surface area contributed by atoms with Gasteiger partial charge >= 0.3 is 0 Å². The molecule has 0 atom stereocenters. The molecular weight excluding hydrogens is 423 g/mol. The molecule has 2 fully saturated rings. The Labute approximate surface area is 194 Å². The minimum Gasteiger partial charge on any atom is -0.357 e. The Balaban J connectivity index is 1.30. The molecule has 1 amide bonds. The number of benzene rings is 1. The molecule has 1 aliphatic carbocycles. The lowest BCUT2D eigenvalue weighted by molar-refractivity contribution is -0.126. The molecule has 10 heteroatoms. The minimum atomic E-state index is -0.292. The average molecular weight is 457 g/mol. The summed E-state index contributed by atoms with van der Waals surface area (Å²) in [5.41, 5.74) is 0.507. The van der Waals surface area contributed by atoms with Crippen molar-refractivity contribution in [2.24, 2.45) is 5.92 Å². The van der Waals surface area contributed by atoms with Crippen LogP contribution < -0.4 is 20.9 Å². The number of hydrogen-bond donors (Lipinski definition) is 3. The lowest BCUT2D eigenvalue weighted by atomic mass is 9.85. The predicted molar refractivity (Wildman–Crippen MR) is 127 cm³/mol. The number of halogens is 1. The van der Waals surface area contributed by atoms with Gasteiger partial charge in [0.25, 0.3) is 0 Å². The van der Waals surface area contributed by atoms with E-state index in [1.165, 1.54) is 6.07 Å². The summed E-state index contributed by atoms with van der Waals surface area (Å²) >= 11 is 0. The van der Waals surface area contributed by atoms with Gasteiger partial charge in [-0.25, -0.2) is 4.39 Å². The number of carbonyl (C=O) groups excluding carboxylic acids is 1. The summed E-state index contributed by atoms with van der Waals surface area (Å²) in [4.78, 5) is 30.7. The number of piperazine rings is 1. The van der Waals surface area contributed by atoms with Crippen molar-refractivity contribution in [2.75, 3.05) is 55.8 Å². The van der Waals surface area contributed by atoms with E-state index >= 15 is 0 Å². The SMILES string of the molecule is CNc1nc(NC2CCC(C(=O)NCc3ccccc3F)CC2)nc(N2CCN(C)CC2)n1. The molecule has 178 valence electrons. The zero-order valence-electron chi connectivity index (χ0n) is 19.4. The van der Waals surface area contributed by atoms with E-state index in [0.717, 1.165) is 51.9 Å². The molecule has 2 heterocycles. The first kappa shape index (κ1) is 23.2. The molecule has 1 aromatic heterocycles. The Morgan fingerprint density at radius 2 is 1.73 bits per heavy atom. The highest BCUT2D eigenvalue weighted by Crippen LogP contribution is 2.27. The van der Waals surface area contributed by atoms with Crippen molar-refractivity contribution in [3.8, 4) is 0 Å². The lowest BCUT2D eigenvalue weighted by Crippen LogP contribution is -2.45. The summed E-state index contributed by atoms with van der Waals surface area (Å²) in [6, 6.07) is 6.73. The molecule has 9 nitrogen and oxygen atoms in total. The van der Waals surface area contributed by atoms with Crippen molar-refractivity contribution in [3.05, 3.63) is 35.6 Å². The quantitative estimate of drug-likeness (QED) is 0.583. The first-order chi connectivity index (χ1) is 16.0. The van der Waals surface area contributed by atoms with Crippen LogP contribution in [0.15, 0.2) is 24.3 Å². The third-order valence-corrected chi connectivity index (χ3v) is 6.48. The van der Waals surface area contributed by atoms with Crippen LogP contribution in [0.25, 0.3) is 0 Å². The molecule has 33 heavy (non-hydrogen) atoms. The molecule has 2 aromatic rings. The van der Waals surface area contributed by atoms with Crippen molar-refractivity contribution in [3.63, 3.8) is 0 Å². The number of aromatic nitrogens is 3. The molecule has 1 aromatic carbocycles. The first-order valence-corrected chi connectivity index (χ1v) is 11.7. The molecule has 0 bridgehead atoms. The van der Waals surface area contributed by atoms with Crippen molar-refractivity contribution >= 4 is 23.8 Å². The smallest absolute Gasteiger partial charge is 0.232 e. The van der Waals surface area contributed by atoms with Crippen LogP contribution >= 0.6 is 0 Å². The molecule has 3 N–H and O–H groups in total. The van der Waals surface area contributed by atoms with Gasteiger partial charge in [-0.1, -0.05) is 18.2 Å². The monoisotopic (exact) mass is 456 g/mol. The van der Waals surface area contributed by atoms with Crippen LogP contribution in [0.3, 0.4) is 0 Å². The molecule has 0 spiro atoms. The largest absolute Gasteiger partial charge is 0.357 e. The Morgan fingerprint density at radius 1 is 1.03 bits per heavy atom. The Bertz CT molecular complexity index is 942. The summed E-state index contributed by atoms with van der Waals surface area (Å²) in [5, 5.41) is 9.36. The van der Waals surface area contributed by atoms with Gasteiger partial charge in [-0.05, 0) is 38.8 Å². The number of hydrogen-bond acceptors (Lipinski definition) is 8. The van der Waals surface area contributed by atoms with Gasteiger partial charge in [-0.15, -0.1) is 0 Å². The molecule has 0 radical (unpaired) electrons. The van der Waals surface area contributed by atoms with E-state index in [2.05, 4.69) is 47.7 Å². The van der Waals surface area contributed by atoms with Crippen LogP contribution in [0.2, 0.25) is 0 Å². The number of likely N-dealkylation sites (N-methyl/N-ethyl adjacent to an activating group) is 1. The van der Waals surface area contributed by atoms with E-state index in [0.29, 0.717) is 23.4 Å². The van der Waals surface area contributed by atoms with Crippen molar-refractivity contribution in [1.82, 2.24) is 25.2 Å². The summed E-state index contributed by atoms with van der Waals surface area (Å²) in [5.74, 6) is 1.44. The van der Waals surface area contributed by atoms with Crippen LogP contribution in [0, 0.1) is 11.7 Å². The van der Waals surface area contributed by atoms with Crippen molar-refractivity contribution < 1.29 is 9.18 Å². The van der Waals surface area contributed by atoms with Gasteiger partial charge in [-0.3, -0.25) is 4.79 Å². The van der Waals surface area contributed by atoms with Gasteiger partial charge in [0.1, 0.15) is 5.82 Å². The topological polar surface area (TPSA) is 98.3 Å². The number of amides is 1. The minimum absolute atomic E-state index is 0.00770. The third-order valence-electron chi connectivity index (χ3n) is 6.48. The normalized spacial score (nSPS) is 21.5. The van der Waals surface area contributed by atoms with E-state index in [1.54, 1.807) is 25.2 Å². The second-order valence-electron chi connectivity index (χ2n) is 8.83. The van der Waals surface area contributed by atoms with E-state index in [9.17, 15) is 9.18 Å². The third kappa shape index (κ3) is 6.07. The molecule has 4 rings (SSSR count). The van der Waals surface area contributed by atoms with Gasteiger partial charge < -0.3 is 25.8 Å². The fourth-order valence-electron chi connectivity index (χ4n) is 4.34. The second-order valence-corrected chi connectivity index (χ2v) is 8.83. The number of carbonyl (C=O) groups is 1. The van der Waals surface area contributed by atoms with E-state index < -0.39 is 0 Å². The highest BCUT2D eigenvalue weighted by atomic mass is 19.1. The van der Waals surface area contributed by atoms with Crippen molar-refractivity contribution in [1.29, 1.82) is 0 Å². The highest BCUT2D eigenvalue weighted by Gasteiger charge is 2.27. The lowest BCUT2D eigenvalue weighted by Gasteiger charge is -2.33. The summed E-state index contributed by atoms with van der Waals surface area (Å²) in [6.07, 6.45) is 3.25. The maximum atomic E-state index is 13.8. The maximum absolute atomic E-state index is 13.8. The molecular formula is C23H33FN8O. The molecule has 1 aliphatic heterocycles. The van der Waals surface area contributed by atoms with Gasteiger partial charge in [0, 0.05) is 57.3 Å². The fourth-order valence-corrected chi connectivity index (χ4v) is 4.34. The number of nitrogens with zero attached hydrogens (tertiary/aromatic N) is 5. The first-order valence-electron chi connectivity index (χ1n) is 11.7. The summed E-state index contributed by atoms with van der Waals surface area (Å²) in [7, 11) is 3.92. The van der Waals surface area contributed by atoms with Crippen LogP contribution in [0.5, 0.6) is 0 Å². The maximum Gasteiger partial charge on any atom is 0.232 e. The zero-order chi connectivity index (χ0) is 23.2. The number of rotatable bonds is 7. The summed E-state index contributed by atoms with van der Waals surface area (Å²) in [6.45, 7) is 3.95. The van der Waals surface area contributed by atoms with Crippen LogP contribution in [-0.4, -0.2) is 72.1 Å². The zero-order valence-corrected chi connectivity index (χ0v) is 19.4. The number of nitrogens with one attached hydrogen (secondary N) is 3. The van der Waals surface area contributed by atoms with Gasteiger partial charge in [0.05, 0.1) is 0 Å². The van der Waals surface area contributed by atoms with Crippen LogP contribution in [0.1, 0.15) is 31.2 Å². The molecule has 2 aliphatic rings. The average Bonchev–Trinajstić information content (AvgIpc) is 2.84. The van der Waals surface area contributed by atoms with Gasteiger partial charge in [-0.2, -0.15) is 15.0 Å². The Hall–Kier alpha value is -3.01. The fraction of sp³-hybridized carbons (Fsp3) is 0.565.